The van der Waals surface area contributed by atoms with Crippen molar-refractivity contribution in [1.82, 2.24) is 5.32 Å². The van der Waals surface area contributed by atoms with Crippen molar-refractivity contribution in [3.63, 3.8) is 0 Å². The molecular weight excluding hydrogens is 182 g/mol. The van der Waals surface area contributed by atoms with E-state index >= 15 is 0 Å². The minimum atomic E-state index is 0.566. The molecule has 0 aliphatic carbocycles. The summed E-state index contributed by atoms with van der Waals surface area (Å²) in [6.45, 7) is 10.2. The predicted octanol–water partition coefficient (Wildman–Crippen LogP) is 3.46. The molecule has 0 saturated carbocycles. The van der Waals surface area contributed by atoms with Gasteiger partial charge in [0.25, 0.3) is 0 Å². The highest BCUT2D eigenvalue weighted by Gasteiger charge is 2.25. The molecular formula is C14H21N. The Balaban J connectivity index is 2.60. The van der Waals surface area contributed by atoms with Gasteiger partial charge in [0.15, 0.2) is 0 Å². The maximum absolute atomic E-state index is 3.64. The third-order valence-electron chi connectivity index (χ3n) is 3.64. The molecule has 1 aliphatic rings. The maximum Gasteiger partial charge on any atom is 0.0323 e. The summed E-state index contributed by atoms with van der Waals surface area (Å²) >= 11 is 0. The van der Waals surface area contributed by atoms with Crippen molar-refractivity contribution < 1.29 is 0 Å². The third kappa shape index (κ3) is 1.69. The minimum absolute atomic E-state index is 0.566. The highest BCUT2D eigenvalue weighted by Crippen LogP contribution is 2.35. The number of benzene rings is 1. The van der Waals surface area contributed by atoms with Crippen LogP contribution in [0.2, 0.25) is 0 Å². The van der Waals surface area contributed by atoms with Gasteiger partial charge in [0.05, 0.1) is 0 Å². The Kier molecular flexibility index (Phi) is 2.83. The highest BCUT2D eigenvalue weighted by molar-refractivity contribution is 5.45. The first-order valence-electron chi connectivity index (χ1n) is 5.98. The van der Waals surface area contributed by atoms with Crippen molar-refractivity contribution in [2.24, 2.45) is 0 Å². The lowest BCUT2D eigenvalue weighted by atomic mass is 9.81. The Labute approximate surface area is 92.9 Å². The zero-order valence-electron chi connectivity index (χ0n) is 10.2. The van der Waals surface area contributed by atoms with Crippen LogP contribution in [0.5, 0.6) is 0 Å². The zero-order chi connectivity index (χ0) is 11.0. The number of hydrogen-bond acceptors (Lipinski definition) is 1. The molecule has 1 N–H and O–H groups in total. The molecule has 2 rings (SSSR count). The van der Waals surface area contributed by atoms with Gasteiger partial charge in [-0.1, -0.05) is 26.0 Å². The van der Waals surface area contributed by atoms with Gasteiger partial charge in [-0.2, -0.15) is 0 Å². The molecule has 1 nitrogen and oxygen atoms in total. The first-order valence-corrected chi connectivity index (χ1v) is 5.98. The summed E-state index contributed by atoms with van der Waals surface area (Å²) in [5.74, 6) is 0.655. The van der Waals surface area contributed by atoms with Gasteiger partial charge in [-0.05, 0) is 48.4 Å². The molecule has 1 aliphatic heterocycles. The van der Waals surface area contributed by atoms with E-state index in [1.807, 2.05) is 0 Å². The van der Waals surface area contributed by atoms with Crippen molar-refractivity contribution >= 4 is 0 Å². The van der Waals surface area contributed by atoms with Crippen LogP contribution in [0.4, 0.5) is 0 Å². The van der Waals surface area contributed by atoms with Crippen LogP contribution in [0.25, 0.3) is 0 Å². The van der Waals surface area contributed by atoms with Crippen molar-refractivity contribution in [1.29, 1.82) is 0 Å². The number of hydrogen-bond donors (Lipinski definition) is 1. The van der Waals surface area contributed by atoms with E-state index in [0.717, 1.165) is 6.54 Å². The lowest BCUT2D eigenvalue weighted by Gasteiger charge is -2.33. The molecule has 0 aromatic heterocycles. The first kappa shape index (κ1) is 10.7. The Morgan fingerprint density at radius 1 is 1.20 bits per heavy atom. The summed E-state index contributed by atoms with van der Waals surface area (Å²) in [6, 6.07) is 5.09. The van der Waals surface area contributed by atoms with E-state index in [4.69, 9.17) is 0 Å². The minimum Gasteiger partial charge on any atom is -0.309 e. The largest absolute Gasteiger partial charge is 0.309 e. The second-order valence-electron chi connectivity index (χ2n) is 4.80. The number of nitrogens with one attached hydrogen (secondary N) is 1. The second-order valence-corrected chi connectivity index (χ2v) is 4.80. The van der Waals surface area contributed by atoms with Crippen LogP contribution in [0.3, 0.4) is 0 Å². The summed E-state index contributed by atoms with van der Waals surface area (Å²) in [7, 11) is 0. The number of aryl methyl sites for hydroxylation is 2. The van der Waals surface area contributed by atoms with Gasteiger partial charge in [0, 0.05) is 12.6 Å². The standard InChI is InChI=1S/C14H21N/c1-5-12-14-10(3)7-6-9(2)13(14)11(4)8-15-12/h6-7,11-12,15H,5,8H2,1-4H3. The fourth-order valence-corrected chi connectivity index (χ4v) is 2.84. The van der Waals surface area contributed by atoms with Gasteiger partial charge >= 0.3 is 0 Å². The fraction of sp³-hybridized carbons (Fsp3) is 0.571. The molecule has 1 aromatic carbocycles. The molecule has 2 unspecified atom stereocenters. The first-order chi connectivity index (χ1) is 7.15. The molecule has 82 valence electrons. The summed E-state index contributed by atoms with van der Waals surface area (Å²) in [4.78, 5) is 0. The van der Waals surface area contributed by atoms with Crippen LogP contribution >= 0.6 is 0 Å². The molecule has 0 radical (unpaired) electrons. The topological polar surface area (TPSA) is 12.0 Å². The summed E-state index contributed by atoms with van der Waals surface area (Å²) in [5, 5.41) is 3.64. The molecule has 0 bridgehead atoms. The summed E-state index contributed by atoms with van der Waals surface area (Å²) in [5.41, 5.74) is 6.07. The predicted molar refractivity (Wildman–Crippen MR) is 65.4 cm³/mol. The van der Waals surface area contributed by atoms with E-state index in [-0.39, 0.29) is 0 Å². The van der Waals surface area contributed by atoms with E-state index in [2.05, 4.69) is 45.1 Å². The van der Waals surface area contributed by atoms with Crippen molar-refractivity contribution in [2.75, 3.05) is 6.54 Å². The van der Waals surface area contributed by atoms with Crippen LogP contribution in [0.15, 0.2) is 12.1 Å². The normalized spacial score (nSPS) is 25.1. The van der Waals surface area contributed by atoms with Crippen molar-refractivity contribution in [3.05, 3.63) is 34.4 Å². The summed E-state index contributed by atoms with van der Waals surface area (Å²) < 4.78 is 0. The molecule has 0 spiro atoms. The Bertz CT molecular complexity index is 368. The van der Waals surface area contributed by atoms with E-state index in [1.165, 1.54) is 17.5 Å². The molecule has 0 saturated heterocycles. The van der Waals surface area contributed by atoms with Gasteiger partial charge in [0.1, 0.15) is 0 Å². The van der Waals surface area contributed by atoms with Crippen LogP contribution < -0.4 is 5.32 Å². The van der Waals surface area contributed by atoms with Gasteiger partial charge < -0.3 is 5.32 Å². The molecule has 1 heteroatoms. The molecule has 1 heterocycles. The molecule has 2 atom stereocenters. The molecule has 1 aromatic rings. The number of fused-ring (bicyclic) bond motifs is 1. The Hall–Kier alpha value is -0.820. The van der Waals surface area contributed by atoms with Gasteiger partial charge in [-0.3, -0.25) is 0 Å². The average Bonchev–Trinajstić information content (AvgIpc) is 2.23. The van der Waals surface area contributed by atoms with Gasteiger partial charge in [0.2, 0.25) is 0 Å². The van der Waals surface area contributed by atoms with Crippen molar-refractivity contribution in [3.8, 4) is 0 Å². The lowest BCUT2D eigenvalue weighted by Crippen LogP contribution is -2.33. The van der Waals surface area contributed by atoms with E-state index in [1.54, 1.807) is 11.1 Å². The lowest BCUT2D eigenvalue weighted by molar-refractivity contribution is 0.454. The van der Waals surface area contributed by atoms with Crippen LogP contribution in [0, 0.1) is 13.8 Å². The quantitative estimate of drug-likeness (QED) is 0.737. The zero-order valence-corrected chi connectivity index (χ0v) is 10.2. The summed E-state index contributed by atoms with van der Waals surface area (Å²) in [6.07, 6.45) is 1.18. The smallest absolute Gasteiger partial charge is 0.0323 e. The highest BCUT2D eigenvalue weighted by atomic mass is 14.9. The van der Waals surface area contributed by atoms with E-state index < -0.39 is 0 Å². The van der Waals surface area contributed by atoms with Crippen LogP contribution in [-0.2, 0) is 0 Å². The third-order valence-corrected chi connectivity index (χ3v) is 3.64. The fourth-order valence-electron chi connectivity index (χ4n) is 2.84. The molecule has 0 amide bonds. The van der Waals surface area contributed by atoms with Crippen LogP contribution in [-0.4, -0.2) is 6.54 Å². The van der Waals surface area contributed by atoms with E-state index in [0.29, 0.717) is 12.0 Å². The van der Waals surface area contributed by atoms with E-state index in [9.17, 15) is 0 Å². The second kappa shape index (κ2) is 3.97. The number of rotatable bonds is 1. The molecule has 15 heavy (non-hydrogen) atoms. The monoisotopic (exact) mass is 203 g/mol. The Morgan fingerprint density at radius 3 is 2.40 bits per heavy atom. The van der Waals surface area contributed by atoms with Crippen molar-refractivity contribution in [2.45, 2.75) is 46.1 Å². The Morgan fingerprint density at radius 2 is 1.80 bits per heavy atom. The van der Waals surface area contributed by atoms with Gasteiger partial charge in [-0.15, -0.1) is 0 Å². The van der Waals surface area contributed by atoms with Crippen LogP contribution in [0.1, 0.15) is 54.5 Å². The molecule has 0 fully saturated rings. The SMILES string of the molecule is CCC1NCC(C)c2c(C)ccc(C)c21. The average molecular weight is 203 g/mol. The van der Waals surface area contributed by atoms with Gasteiger partial charge in [-0.25, -0.2) is 0 Å². The maximum atomic E-state index is 3.64.